The minimum absolute atomic E-state index is 0.0886. The lowest BCUT2D eigenvalue weighted by molar-refractivity contribution is -0.148. The molecule has 0 aromatic heterocycles. The van der Waals surface area contributed by atoms with Crippen molar-refractivity contribution in [3.05, 3.63) is 53.1 Å². The van der Waals surface area contributed by atoms with Crippen molar-refractivity contribution in [2.45, 2.75) is 64.1 Å². The first-order valence-electron chi connectivity index (χ1n) is 13.8. The molecule has 222 valence electrons. The van der Waals surface area contributed by atoms with Crippen LogP contribution in [0.3, 0.4) is 0 Å². The largest absolute Gasteiger partial charge is 0.508 e. The fourth-order valence-corrected chi connectivity index (χ4v) is 4.59. The fraction of sp³-hybridized carbons (Fsp3) is 0.500. The number of likely N-dealkylation sites (tertiary alicyclic amines) is 1. The number of oxime groups is 1. The normalized spacial score (nSPS) is 22.8. The van der Waals surface area contributed by atoms with Gasteiger partial charge >= 0.3 is 11.9 Å². The molecule has 41 heavy (non-hydrogen) atoms. The number of benzene rings is 1. The van der Waals surface area contributed by atoms with Crippen molar-refractivity contribution in [2.75, 3.05) is 33.4 Å². The van der Waals surface area contributed by atoms with Crippen molar-refractivity contribution in [2.24, 2.45) is 5.16 Å². The number of hydrogen-bond donors (Lipinski definition) is 1. The summed E-state index contributed by atoms with van der Waals surface area (Å²) in [5, 5.41) is 14.5. The van der Waals surface area contributed by atoms with Gasteiger partial charge in [-0.3, -0.25) is 14.4 Å². The van der Waals surface area contributed by atoms with Crippen molar-refractivity contribution in [3.8, 4) is 5.75 Å². The Balaban J connectivity index is 1.90. The number of carbonyl (C=O) groups is 4. The third kappa shape index (κ3) is 10.5. The van der Waals surface area contributed by atoms with Gasteiger partial charge in [0, 0.05) is 31.5 Å². The van der Waals surface area contributed by atoms with Gasteiger partial charge in [0.1, 0.15) is 24.7 Å². The molecule has 1 aromatic carbocycles. The summed E-state index contributed by atoms with van der Waals surface area (Å²) in [6.45, 7) is 2.65. The first-order chi connectivity index (χ1) is 19.8. The summed E-state index contributed by atoms with van der Waals surface area (Å²) in [7, 11) is 1.28. The van der Waals surface area contributed by atoms with Gasteiger partial charge in [-0.2, -0.15) is 0 Å². The van der Waals surface area contributed by atoms with E-state index >= 15 is 0 Å². The minimum Gasteiger partial charge on any atom is -0.508 e. The minimum atomic E-state index is -0.535. The zero-order valence-corrected chi connectivity index (χ0v) is 23.6. The van der Waals surface area contributed by atoms with Crippen molar-refractivity contribution in [1.29, 1.82) is 0 Å². The van der Waals surface area contributed by atoms with Crippen LogP contribution in [-0.2, 0) is 46.3 Å². The van der Waals surface area contributed by atoms with E-state index in [2.05, 4.69) is 9.89 Å². The molecule has 1 fully saturated rings. The number of phenols is 1. The van der Waals surface area contributed by atoms with Crippen LogP contribution in [-0.4, -0.2) is 85.5 Å². The Labute approximate surface area is 239 Å². The number of piperidine rings is 1. The highest BCUT2D eigenvalue weighted by atomic mass is 16.6. The second kappa shape index (κ2) is 16.3. The van der Waals surface area contributed by atoms with Gasteiger partial charge in [0.25, 0.3) is 5.91 Å². The van der Waals surface area contributed by atoms with E-state index in [-0.39, 0.29) is 43.3 Å². The molecule has 11 heteroatoms. The van der Waals surface area contributed by atoms with Crippen molar-refractivity contribution in [1.82, 2.24) is 4.90 Å². The molecule has 1 N–H and O–H groups in total. The van der Waals surface area contributed by atoms with E-state index < -0.39 is 24.1 Å². The van der Waals surface area contributed by atoms with Crippen molar-refractivity contribution >= 4 is 29.8 Å². The predicted octanol–water partition coefficient (Wildman–Crippen LogP) is 3.07. The van der Waals surface area contributed by atoms with Gasteiger partial charge in [0.15, 0.2) is 6.61 Å². The first kappa shape index (κ1) is 31.5. The van der Waals surface area contributed by atoms with Gasteiger partial charge < -0.3 is 29.1 Å². The number of fused-ring (bicyclic) bond motifs is 1. The Morgan fingerprint density at radius 2 is 1.90 bits per heavy atom. The van der Waals surface area contributed by atoms with E-state index in [1.165, 1.54) is 19.2 Å². The number of aromatic hydroxyl groups is 1. The summed E-state index contributed by atoms with van der Waals surface area (Å²) in [6.07, 6.45) is 10.4. The Hall–Kier alpha value is -3.99. The second-order valence-corrected chi connectivity index (χ2v) is 9.97. The fourth-order valence-electron chi connectivity index (χ4n) is 4.59. The summed E-state index contributed by atoms with van der Waals surface area (Å²) in [4.78, 5) is 56.0. The molecule has 2 aliphatic heterocycles. The molecule has 1 aromatic rings. The molecule has 0 saturated carbocycles. The molecule has 0 spiro atoms. The van der Waals surface area contributed by atoms with Gasteiger partial charge in [0.05, 0.1) is 25.3 Å². The summed E-state index contributed by atoms with van der Waals surface area (Å²) in [6, 6.07) is 2.76. The van der Waals surface area contributed by atoms with Crippen LogP contribution in [0.25, 0.3) is 0 Å². The van der Waals surface area contributed by atoms with Crippen LogP contribution < -0.4 is 0 Å². The predicted molar refractivity (Wildman–Crippen MR) is 150 cm³/mol. The molecule has 0 bridgehead atoms. The van der Waals surface area contributed by atoms with E-state index in [4.69, 9.17) is 14.3 Å². The van der Waals surface area contributed by atoms with Crippen molar-refractivity contribution in [3.63, 3.8) is 0 Å². The van der Waals surface area contributed by atoms with Crippen LogP contribution in [0.4, 0.5) is 0 Å². The Morgan fingerprint density at radius 1 is 1.12 bits per heavy atom. The molecule has 1 amide bonds. The zero-order valence-electron chi connectivity index (χ0n) is 23.6. The summed E-state index contributed by atoms with van der Waals surface area (Å²) in [5.41, 5.74) is 1.44. The molecule has 1 saturated heterocycles. The van der Waals surface area contributed by atoms with Gasteiger partial charge in [-0.25, -0.2) is 4.79 Å². The first-order valence-corrected chi connectivity index (χ1v) is 13.8. The number of ether oxygens (including phenoxy) is 3. The smallest absolute Gasteiger partial charge is 0.331 e. The maximum absolute atomic E-state index is 12.8. The van der Waals surface area contributed by atoms with Gasteiger partial charge in [0.2, 0.25) is 0 Å². The maximum Gasteiger partial charge on any atom is 0.331 e. The molecule has 2 atom stereocenters. The third-order valence-electron chi connectivity index (χ3n) is 6.73. The standard InChI is InChI=1S/C30H38N2O9/c1-21-8-6-10-26(39-20-30(37)38-2)11-7-9-24(31-40-19-28(35)32-12-4-3-5-13-32)14-22-15-25(34)16-23(18-33)27(22)17-29(36)41-21/h6-7,9-10,15-16,18,21,26,34H,3-5,8,11-14,17,19-20H2,1-2H3/b9-7+,10-6+,31-24+/t21-,26-/m1/s1. The van der Waals surface area contributed by atoms with E-state index in [1.54, 1.807) is 36.1 Å². The molecule has 11 nitrogen and oxygen atoms in total. The molecule has 2 aliphatic rings. The number of hydrogen-bond acceptors (Lipinski definition) is 10. The summed E-state index contributed by atoms with van der Waals surface area (Å²) < 4.78 is 15.9. The Bertz CT molecular complexity index is 1170. The van der Waals surface area contributed by atoms with Crippen LogP contribution in [0.15, 0.2) is 41.6 Å². The maximum atomic E-state index is 12.8. The average molecular weight is 571 g/mol. The van der Waals surface area contributed by atoms with Crippen LogP contribution >= 0.6 is 0 Å². The lowest BCUT2D eigenvalue weighted by Gasteiger charge is -2.26. The highest BCUT2D eigenvalue weighted by molar-refractivity contribution is 5.97. The molecule has 3 rings (SSSR count). The van der Waals surface area contributed by atoms with E-state index in [0.717, 1.165) is 19.3 Å². The molecule has 2 heterocycles. The number of phenolic OH excluding ortho intramolecular Hbond substituents is 1. The van der Waals surface area contributed by atoms with Crippen LogP contribution in [0.1, 0.15) is 60.5 Å². The van der Waals surface area contributed by atoms with Gasteiger partial charge in [-0.05, 0) is 61.9 Å². The lowest BCUT2D eigenvalue weighted by Crippen LogP contribution is -2.37. The number of rotatable bonds is 7. The Morgan fingerprint density at radius 3 is 2.63 bits per heavy atom. The summed E-state index contributed by atoms with van der Waals surface area (Å²) in [5.74, 6) is -1.35. The van der Waals surface area contributed by atoms with Gasteiger partial charge in [-0.15, -0.1) is 0 Å². The topological polar surface area (TPSA) is 141 Å². The van der Waals surface area contributed by atoms with E-state index in [1.807, 2.05) is 0 Å². The average Bonchev–Trinajstić information content (AvgIpc) is 2.96. The third-order valence-corrected chi connectivity index (χ3v) is 6.73. The molecule has 0 radical (unpaired) electrons. The number of methoxy groups -OCH3 is 1. The monoisotopic (exact) mass is 570 g/mol. The SMILES string of the molecule is COC(=O)CO[C@@H]1/C=C/C[C@@H](C)OC(=O)Cc2c(C=O)cc(O)cc2CC(=N/OCC(=O)N2CCCCC2)/C=C/C1. The molecule has 0 aliphatic carbocycles. The van der Waals surface area contributed by atoms with Crippen LogP contribution in [0, 0.1) is 0 Å². The zero-order chi connectivity index (χ0) is 29.6. The highest BCUT2D eigenvalue weighted by Crippen LogP contribution is 2.24. The highest BCUT2D eigenvalue weighted by Gasteiger charge is 2.20. The Kier molecular flexibility index (Phi) is 12.6. The number of cyclic esters (lactones) is 1. The number of carbonyl (C=O) groups excluding carboxylic acids is 4. The second-order valence-electron chi connectivity index (χ2n) is 9.97. The number of allylic oxidation sites excluding steroid dienone is 1. The van der Waals surface area contributed by atoms with Crippen molar-refractivity contribution < 1.29 is 43.3 Å². The molecular formula is C30H38N2O9. The van der Waals surface area contributed by atoms with Crippen LogP contribution in [0.5, 0.6) is 5.75 Å². The van der Waals surface area contributed by atoms with E-state index in [9.17, 15) is 24.3 Å². The number of nitrogens with zero attached hydrogens (tertiary/aromatic N) is 2. The molecular weight excluding hydrogens is 532 g/mol. The van der Waals surface area contributed by atoms with Gasteiger partial charge in [-0.1, -0.05) is 23.4 Å². The van der Waals surface area contributed by atoms with Crippen LogP contribution in [0.2, 0.25) is 0 Å². The quantitative estimate of drug-likeness (QED) is 0.227. The summed E-state index contributed by atoms with van der Waals surface area (Å²) >= 11 is 0. The number of aldehydes is 1. The molecule has 0 unspecified atom stereocenters. The van der Waals surface area contributed by atoms with E-state index in [0.29, 0.717) is 49.1 Å². The number of esters is 2. The lowest BCUT2D eigenvalue weighted by atomic mass is 9.94. The number of amides is 1.